The Hall–Kier alpha value is -2.63. The molecule has 1 aromatic carbocycles. The first-order chi connectivity index (χ1) is 9.88. The third-order valence-corrected chi connectivity index (χ3v) is 3.21. The smallest absolute Gasteiger partial charge is 0.323 e. The number of amides is 2. The van der Waals surface area contributed by atoms with Crippen molar-refractivity contribution in [2.24, 2.45) is 0 Å². The molecule has 0 saturated carbocycles. The number of anilines is 1. The second-order valence-electron chi connectivity index (χ2n) is 5.01. The zero-order valence-electron chi connectivity index (χ0n) is 11.9. The van der Waals surface area contributed by atoms with Gasteiger partial charge in [0.05, 0.1) is 6.42 Å². The van der Waals surface area contributed by atoms with E-state index in [1.165, 1.54) is 0 Å². The Bertz CT molecular complexity index is 617. The third kappa shape index (κ3) is 3.28. The Morgan fingerprint density at radius 1 is 1.29 bits per heavy atom. The molecule has 0 radical (unpaired) electrons. The molecule has 1 N–H and O–H groups in total. The van der Waals surface area contributed by atoms with Crippen molar-refractivity contribution in [2.75, 3.05) is 25.5 Å². The fraction of sp³-hybridized carbons (Fsp3) is 0.267. The van der Waals surface area contributed by atoms with Crippen LogP contribution in [0.4, 0.5) is 5.69 Å². The van der Waals surface area contributed by atoms with E-state index in [2.05, 4.69) is 0 Å². The lowest BCUT2D eigenvalue weighted by molar-refractivity contribution is -0.148. The highest BCUT2D eigenvalue weighted by Crippen LogP contribution is 2.22. The maximum atomic E-state index is 12.0. The minimum absolute atomic E-state index is 0.0540. The molecule has 0 spiro atoms. The summed E-state index contributed by atoms with van der Waals surface area (Å²) in [6.45, 7) is -0.589. The van der Waals surface area contributed by atoms with Gasteiger partial charge in [0, 0.05) is 25.4 Å². The Balaban J connectivity index is 2.20. The number of benzene rings is 1. The first-order valence-electron chi connectivity index (χ1n) is 6.43. The van der Waals surface area contributed by atoms with Crippen LogP contribution in [0, 0.1) is 0 Å². The Labute approximate surface area is 122 Å². The highest BCUT2D eigenvalue weighted by molar-refractivity contribution is 6.16. The highest BCUT2D eigenvalue weighted by Gasteiger charge is 2.34. The fourth-order valence-electron chi connectivity index (χ4n) is 2.10. The fourth-order valence-corrected chi connectivity index (χ4v) is 2.10. The van der Waals surface area contributed by atoms with Gasteiger partial charge in [0.1, 0.15) is 6.54 Å². The average Bonchev–Trinajstić information content (AvgIpc) is 2.67. The van der Waals surface area contributed by atoms with Gasteiger partial charge < -0.3 is 10.0 Å². The second kappa shape index (κ2) is 5.78. The van der Waals surface area contributed by atoms with Gasteiger partial charge in [-0.3, -0.25) is 19.3 Å². The van der Waals surface area contributed by atoms with Crippen LogP contribution in [-0.4, -0.2) is 48.4 Å². The average molecular weight is 288 g/mol. The van der Waals surface area contributed by atoms with Gasteiger partial charge in [0.2, 0.25) is 5.91 Å². The number of carboxylic acid groups (broad SMARTS) is 1. The third-order valence-electron chi connectivity index (χ3n) is 3.21. The van der Waals surface area contributed by atoms with Crippen molar-refractivity contribution in [1.82, 2.24) is 4.90 Å². The van der Waals surface area contributed by atoms with Crippen LogP contribution < -0.4 is 4.90 Å². The number of hydrogen-bond donors (Lipinski definition) is 1. The van der Waals surface area contributed by atoms with E-state index in [9.17, 15) is 14.4 Å². The van der Waals surface area contributed by atoms with Crippen molar-refractivity contribution < 1.29 is 19.5 Å². The quantitative estimate of drug-likeness (QED) is 0.660. The molecular weight excluding hydrogens is 272 g/mol. The minimum Gasteiger partial charge on any atom is -0.480 e. The van der Waals surface area contributed by atoms with Crippen molar-refractivity contribution in [1.29, 1.82) is 0 Å². The maximum Gasteiger partial charge on any atom is 0.323 e. The van der Waals surface area contributed by atoms with Gasteiger partial charge in [-0.1, -0.05) is 12.1 Å². The van der Waals surface area contributed by atoms with Gasteiger partial charge in [0.25, 0.3) is 5.91 Å². The number of nitrogens with zero attached hydrogens (tertiary/aromatic N) is 2. The van der Waals surface area contributed by atoms with Gasteiger partial charge >= 0.3 is 5.97 Å². The SMILES string of the molecule is CN(C)c1ccc(/C=C2\CC(=O)N(CC(=O)O)C2=O)cc1. The van der Waals surface area contributed by atoms with E-state index in [4.69, 9.17) is 5.11 Å². The Morgan fingerprint density at radius 2 is 1.90 bits per heavy atom. The van der Waals surface area contributed by atoms with E-state index in [1.54, 1.807) is 6.08 Å². The van der Waals surface area contributed by atoms with E-state index in [1.807, 2.05) is 43.3 Å². The lowest BCUT2D eigenvalue weighted by Gasteiger charge is -2.12. The molecule has 6 heteroatoms. The summed E-state index contributed by atoms with van der Waals surface area (Å²) in [4.78, 5) is 37.0. The highest BCUT2D eigenvalue weighted by atomic mass is 16.4. The van der Waals surface area contributed by atoms with Crippen LogP contribution >= 0.6 is 0 Å². The monoisotopic (exact) mass is 288 g/mol. The van der Waals surface area contributed by atoms with E-state index in [-0.39, 0.29) is 6.42 Å². The molecule has 0 bridgehead atoms. The lowest BCUT2D eigenvalue weighted by Crippen LogP contribution is -2.34. The van der Waals surface area contributed by atoms with Gasteiger partial charge in [-0.2, -0.15) is 0 Å². The van der Waals surface area contributed by atoms with Gasteiger partial charge in [-0.15, -0.1) is 0 Å². The summed E-state index contributed by atoms with van der Waals surface area (Å²) < 4.78 is 0. The maximum absolute atomic E-state index is 12.0. The van der Waals surface area contributed by atoms with Crippen LogP contribution in [0.1, 0.15) is 12.0 Å². The number of hydrogen-bond acceptors (Lipinski definition) is 4. The topological polar surface area (TPSA) is 77.9 Å². The van der Waals surface area contributed by atoms with Crippen LogP contribution in [0.15, 0.2) is 29.8 Å². The predicted molar refractivity (Wildman–Crippen MR) is 77.7 cm³/mol. The summed E-state index contributed by atoms with van der Waals surface area (Å²) in [5, 5.41) is 8.70. The van der Waals surface area contributed by atoms with Gasteiger partial charge in [-0.25, -0.2) is 0 Å². The predicted octanol–water partition coefficient (Wildman–Crippen LogP) is 0.979. The molecule has 1 aliphatic rings. The largest absolute Gasteiger partial charge is 0.480 e. The van der Waals surface area contributed by atoms with Crippen LogP contribution in [0.25, 0.3) is 6.08 Å². The van der Waals surface area contributed by atoms with E-state index in [0.717, 1.165) is 16.2 Å². The van der Waals surface area contributed by atoms with Crippen LogP contribution in [0.5, 0.6) is 0 Å². The van der Waals surface area contributed by atoms with Gasteiger partial charge in [-0.05, 0) is 23.8 Å². The normalized spacial score (nSPS) is 16.7. The number of carbonyl (C=O) groups excluding carboxylic acids is 2. The number of imide groups is 1. The van der Waals surface area contributed by atoms with Crippen LogP contribution in [0.2, 0.25) is 0 Å². The van der Waals surface area contributed by atoms with Gasteiger partial charge in [0.15, 0.2) is 0 Å². The molecule has 110 valence electrons. The molecule has 1 saturated heterocycles. The Kier molecular flexibility index (Phi) is 4.07. The summed E-state index contributed by atoms with van der Waals surface area (Å²) >= 11 is 0. The molecular formula is C15H16N2O4. The molecule has 0 aliphatic carbocycles. The molecule has 1 heterocycles. The number of aliphatic carboxylic acids is 1. The summed E-state index contributed by atoms with van der Waals surface area (Å²) in [7, 11) is 3.85. The molecule has 0 atom stereocenters. The summed E-state index contributed by atoms with van der Waals surface area (Å²) in [6.07, 6.45) is 1.57. The van der Waals surface area contributed by atoms with Crippen molar-refractivity contribution in [3.63, 3.8) is 0 Å². The number of rotatable bonds is 4. The van der Waals surface area contributed by atoms with E-state index < -0.39 is 24.3 Å². The molecule has 2 rings (SSSR count). The first kappa shape index (κ1) is 14.8. The molecule has 0 aromatic heterocycles. The van der Waals surface area contributed by atoms with Crippen LogP contribution in [0.3, 0.4) is 0 Å². The summed E-state index contributed by atoms with van der Waals surface area (Å²) in [5.41, 5.74) is 2.14. The van der Waals surface area contributed by atoms with Crippen LogP contribution in [-0.2, 0) is 14.4 Å². The zero-order valence-corrected chi connectivity index (χ0v) is 11.9. The lowest BCUT2D eigenvalue weighted by atomic mass is 10.1. The Morgan fingerprint density at radius 3 is 2.43 bits per heavy atom. The molecule has 21 heavy (non-hydrogen) atoms. The van der Waals surface area contributed by atoms with Crippen molar-refractivity contribution in [3.05, 3.63) is 35.4 Å². The molecule has 1 aromatic rings. The van der Waals surface area contributed by atoms with Crippen molar-refractivity contribution in [2.45, 2.75) is 6.42 Å². The molecule has 1 fully saturated rings. The number of carbonyl (C=O) groups is 3. The molecule has 1 aliphatic heterocycles. The van der Waals surface area contributed by atoms with E-state index >= 15 is 0 Å². The van der Waals surface area contributed by atoms with E-state index in [0.29, 0.717) is 5.57 Å². The molecule has 2 amide bonds. The molecule has 0 unspecified atom stereocenters. The van der Waals surface area contributed by atoms with Crippen molar-refractivity contribution >= 4 is 29.5 Å². The molecule has 6 nitrogen and oxygen atoms in total. The summed E-state index contributed by atoms with van der Waals surface area (Å²) in [6, 6.07) is 7.51. The standard InChI is InChI=1S/C15H16N2O4/c1-16(2)12-5-3-10(4-6-12)7-11-8-13(18)17(15(11)21)9-14(19)20/h3-7H,8-9H2,1-2H3,(H,19,20)/b11-7+. The summed E-state index contributed by atoms with van der Waals surface area (Å²) in [5.74, 6) is -2.20. The van der Waals surface area contributed by atoms with Crippen molar-refractivity contribution in [3.8, 4) is 0 Å². The minimum atomic E-state index is -1.20. The first-order valence-corrected chi connectivity index (χ1v) is 6.43. The second-order valence-corrected chi connectivity index (χ2v) is 5.01. The number of carboxylic acids is 1. The zero-order chi connectivity index (χ0) is 15.6. The number of likely N-dealkylation sites (tertiary alicyclic amines) is 1.